The summed E-state index contributed by atoms with van der Waals surface area (Å²) in [5.74, 6) is -1.10. The highest BCUT2D eigenvalue weighted by molar-refractivity contribution is 5.85. The third-order valence-electron chi connectivity index (χ3n) is 3.27. The molecule has 5 heteroatoms. The second kappa shape index (κ2) is 6.59. The molecule has 2 N–H and O–H groups in total. The molecule has 1 rings (SSSR count). The molecule has 0 heterocycles. The Morgan fingerprint density at radius 3 is 2.47 bits per heavy atom. The van der Waals surface area contributed by atoms with Gasteiger partial charge in [0.2, 0.25) is 5.91 Å². The largest absolute Gasteiger partial charge is 0.469 e. The fraction of sp³-hybridized carbons (Fsp3) is 0.833. The van der Waals surface area contributed by atoms with Crippen LogP contribution in [0, 0.1) is 11.8 Å². The van der Waals surface area contributed by atoms with Crippen LogP contribution in [-0.2, 0) is 14.3 Å². The van der Waals surface area contributed by atoms with Crippen molar-refractivity contribution in [1.29, 1.82) is 0 Å². The lowest BCUT2D eigenvalue weighted by Crippen LogP contribution is -2.44. The standard InChI is InChI=1S/C12H21NO4/c1-8(7-14)13-11(15)9-5-3-4-6-10(9)12(16)17-2/h8-10,14H,3-7H2,1-2H3,(H,13,15)/t8-,9?,10?/m0/s1. The minimum absolute atomic E-state index is 0.0959. The van der Waals surface area contributed by atoms with Crippen LogP contribution in [0.15, 0.2) is 0 Å². The molecule has 0 aliphatic heterocycles. The van der Waals surface area contributed by atoms with Crippen LogP contribution in [0.1, 0.15) is 32.6 Å². The van der Waals surface area contributed by atoms with Crippen LogP contribution in [0.4, 0.5) is 0 Å². The van der Waals surface area contributed by atoms with Crippen molar-refractivity contribution in [1.82, 2.24) is 5.32 Å². The molecule has 0 aromatic carbocycles. The maximum atomic E-state index is 12.0. The van der Waals surface area contributed by atoms with Gasteiger partial charge in [0, 0.05) is 6.04 Å². The van der Waals surface area contributed by atoms with Crippen molar-refractivity contribution in [2.75, 3.05) is 13.7 Å². The smallest absolute Gasteiger partial charge is 0.309 e. The van der Waals surface area contributed by atoms with Crippen LogP contribution in [0.5, 0.6) is 0 Å². The molecule has 5 nitrogen and oxygen atoms in total. The van der Waals surface area contributed by atoms with Gasteiger partial charge in [-0.15, -0.1) is 0 Å². The van der Waals surface area contributed by atoms with Gasteiger partial charge in [-0.1, -0.05) is 12.8 Å². The van der Waals surface area contributed by atoms with Gasteiger partial charge in [0.15, 0.2) is 0 Å². The molecular formula is C12H21NO4. The SMILES string of the molecule is COC(=O)C1CCCCC1C(=O)N[C@@H](C)CO. The molecule has 98 valence electrons. The number of rotatable bonds is 4. The first-order valence-electron chi connectivity index (χ1n) is 6.09. The van der Waals surface area contributed by atoms with Crippen molar-refractivity contribution in [2.45, 2.75) is 38.6 Å². The zero-order chi connectivity index (χ0) is 12.8. The van der Waals surface area contributed by atoms with Crippen molar-refractivity contribution in [2.24, 2.45) is 11.8 Å². The Balaban J connectivity index is 2.64. The van der Waals surface area contributed by atoms with Gasteiger partial charge in [0.05, 0.1) is 25.6 Å². The van der Waals surface area contributed by atoms with E-state index in [1.54, 1.807) is 6.92 Å². The summed E-state index contributed by atoms with van der Waals surface area (Å²) in [6, 6.07) is -0.275. The van der Waals surface area contributed by atoms with E-state index in [0.717, 1.165) is 12.8 Å². The third-order valence-corrected chi connectivity index (χ3v) is 3.27. The molecule has 0 spiro atoms. The summed E-state index contributed by atoms with van der Waals surface area (Å²) >= 11 is 0. The quantitative estimate of drug-likeness (QED) is 0.703. The monoisotopic (exact) mass is 243 g/mol. The Labute approximate surface area is 102 Å². The predicted molar refractivity (Wildman–Crippen MR) is 62.2 cm³/mol. The zero-order valence-electron chi connectivity index (χ0n) is 10.4. The van der Waals surface area contributed by atoms with E-state index in [4.69, 9.17) is 9.84 Å². The number of nitrogens with one attached hydrogen (secondary N) is 1. The molecule has 2 unspecified atom stereocenters. The van der Waals surface area contributed by atoms with Crippen molar-refractivity contribution in [3.63, 3.8) is 0 Å². The third kappa shape index (κ3) is 3.70. The van der Waals surface area contributed by atoms with E-state index in [2.05, 4.69) is 5.32 Å². The molecule has 0 bridgehead atoms. The number of amides is 1. The number of aliphatic hydroxyl groups is 1. The van der Waals surface area contributed by atoms with E-state index in [0.29, 0.717) is 12.8 Å². The minimum atomic E-state index is -0.334. The number of carbonyl (C=O) groups is 2. The second-order valence-corrected chi connectivity index (χ2v) is 4.61. The van der Waals surface area contributed by atoms with Gasteiger partial charge in [0.25, 0.3) is 0 Å². The van der Waals surface area contributed by atoms with Crippen LogP contribution >= 0.6 is 0 Å². The summed E-state index contributed by atoms with van der Waals surface area (Å²) in [7, 11) is 1.35. The molecule has 17 heavy (non-hydrogen) atoms. The van der Waals surface area contributed by atoms with Crippen LogP contribution in [0.3, 0.4) is 0 Å². The van der Waals surface area contributed by atoms with E-state index < -0.39 is 0 Å². The van der Waals surface area contributed by atoms with Crippen LogP contribution < -0.4 is 5.32 Å². The number of carbonyl (C=O) groups excluding carboxylic acids is 2. The van der Waals surface area contributed by atoms with Crippen molar-refractivity contribution >= 4 is 11.9 Å². The van der Waals surface area contributed by atoms with Gasteiger partial charge in [-0.05, 0) is 19.8 Å². The molecule has 1 amide bonds. The van der Waals surface area contributed by atoms with Gasteiger partial charge in [-0.2, -0.15) is 0 Å². The molecule has 0 aromatic heterocycles. The molecule has 1 aliphatic rings. The minimum Gasteiger partial charge on any atom is -0.469 e. The Kier molecular flexibility index (Phi) is 5.41. The molecule has 0 saturated heterocycles. The number of esters is 1. The summed E-state index contributed by atoms with van der Waals surface area (Å²) in [5, 5.41) is 11.6. The highest BCUT2D eigenvalue weighted by Gasteiger charge is 2.36. The van der Waals surface area contributed by atoms with E-state index in [1.165, 1.54) is 7.11 Å². The lowest BCUT2D eigenvalue weighted by atomic mass is 9.78. The topological polar surface area (TPSA) is 75.6 Å². The fourth-order valence-electron chi connectivity index (χ4n) is 2.27. The zero-order valence-corrected chi connectivity index (χ0v) is 10.4. The lowest BCUT2D eigenvalue weighted by Gasteiger charge is -2.29. The number of methoxy groups -OCH3 is 1. The summed E-state index contributed by atoms with van der Waals surface area (Å²) in [4.78, 5) is 23.6. The molecule has 0 radical (unpaired) electrons. The Morgan fingerprint density at radius 2 is 1.94 bits per heavy atom. The van der Waals surface area contributed by atoms with E-state index in [-0.39, 0.29) is 36.4 Å². The molecular weight excluding hydrogens is 222 g/mol. The maximum Gasteiger partial charge on any atom is 0.309 e. The van der Waals surface area contributed by atoms with Crippen LogP contribution in [0.25, 0.3) is 0 Å². The van der Waals surface area contributed by atoms with Crippen molar-refractivity contribution in [3.05, 3.63) is 0 Å². The lowest BCUT2D eigenvalue weighted by molar-refractivity contribution is -0.152. The highest BCUT2D eigenvalue weighted by Crippen LogP contribution is 2.31. The Hall–Kier alpha value is -1.10. The van der Waals surface area contributed by atoms with Crippen molar-refractivity contribution in [3.8, 4) is 0 Å². The van der Waals surface area contributed by atoms with Gasteiger partial charge in [-0.25, -0.2) is 0 Å². The van der Waals surface area contributed by atoms with Gasteiger partial charge >= 0.3 is 5.97 Å². The number of hydrogen-bond acceptors (Lipinski definition) is 4. The van der Waals surface area contributed by atoms with E-state index in [1.807, 2.05) is 0 Å². The number of aliphatic hydroxyl groups excluding tert-OH is 1. The van der Waals surface area contributed by atoms with Gasteiger partial charge in [0.1, 0.15) is 0 Å². The van der Waals surface area contributed by atoms with E-state index >= 15 is 0 Å². The van der Waals surface area contributed by atoms with Gasteiger partial charge in [-0.3, -0.25) is 9.59 Å². The Morgan fingerprint density at radius 1 is 1.35 bits per heavy atom. The summed E-state index contributed by atoms with van der Waals surface area (Å²) in [6.45, 7) is 1.63. The first kappa shape index (κ1) is 14.0. The highest BCUT2D eigenvalue weighted by atomic mass is 16.5. The van der Waals surface area contributed by atoms with Crippen LogP contribution in [-0.4, -0.2) is 36.7 Å². The molecule has 0 aromatic rings. The molecule has 1 fully saturated rings. The summed E-state index contributed by atoms with van der Waals surface area (Å²) in [6.07, 6.45) is 3.33. The predicted octanol–water partition coefficient (Wildman–Crippen LogP) is 0.463. The fourth-order valence-corrected chi connectivity index (χ4v) is 2.27. The molecule has 1 aliphatic carbocycles. The average Bonchev–Trinajstić information content (AvgIpc) is 2.37. The first-order chi connectivity index (χ1) is 8.10. The average molecular weight is 243 g/mol. The normalized spacial score (nSPS) is 26.1. The summed E-state index contributed by atoms with van der Waals surface area (Å²) < 4.78 is 4.73. The molecule has 3 atom stereocenters. The van der Waals surface area contributed by atoms with Crippen molar-refractivity contribution < 1.29 is 19.4 Å². The van der Waals surface area contributed by atoms with Gasteiger partial charge < -0.3 is 15.2 Å². The van der Waals surface area contributed by atoms with E-state index in [9.17, 15) is 9.59 Å². The number of hydrogen-bond donors (Lipinski definition) is 2. The first-order valence-corrected chi connectivity index (χ1v) is 6.09. The van der Waals surface area contributed by atoms with Crippen LogP contribution in [0.2, 0.25) is 0 Å². The summed E-state index contributed by atoms with van der Waals surface area (Å²) in [5.41, 5.74) is 0. The number of ether oxygens (including phenoxy) is 1. The maximum absolute atomic E-state index is 12.0. The Bertz CT molecular complexity index is 280. The second-order valence-electron chi connectivity index (χ2n) is 4.61. The molecule has 1 saturated carbocycles.